The fourth-order valence-corrected chi connectivity index (χ4v) is 3.89. The van der Waals surface area contributed by atoms with Crippen LogP contribution >= 0.6 is 0 Å². The Balaban J connectivity index is 2.44. The van der Waals surface area contributed by atoms with Gasteiger partial charge in [-0.25, -0.2) is 4.79 Å². The van der Waals surface area contributed by atoms with Crippen molar-refractivity contribution >= 4 is 23.8 Å². The fourth-order valence-electron chi connectivity index (χ4n) is 3.89. The Morgan fingerprint density at radius 2 is 1.66 bits per heavy atom. The van der Waals surface area contributed by atoms with E-state index < -0.39 is 41.5 Å². The summed E-state index contributed by atoms with van der Waals surface area (Å²) in [5.41, 5.74) is 7.59. The summed E-state index contributed by atoms with van der Waals surface area (Å²) in [6.07, 6.45) is 4.61. The van der Waals surface area contributed by atoms with Crippen LogP contribution in [-0.2, 0) is 25.7 Å². The number of hydrogen-bond donors (Lipinski definition) is 3. The van der Waals surface area contributed by atoms with Gasteiger partial charge in [0.1, 0.15) is 17.7 Å². The van der Waals surface area contributed by atoms with E-state index in [2.05, 4.69) is 16.7 Å². The van der Waals surface area contributed by atoms with Crippen LogP contribution in [0.25, 0.3) is 0 Å². The van der Waals surface area contributed by atoms with E-state index in [1.54, 1.807) is 32.9 Å². The summed E-state index contributed by atoms with van der Waals surface area (Å²) in [4.78, 5) is 52.2. The molecule has 4 N–H and O–H groups in total. The minimum Gasteiger partial charge on any atom is -0.444 e. The number of aryl methyl sites for hydroxylation is 2. The highest BCUT2D eigenvalue weighted by atomic mass is 16.6. The van der Waals surface area contributed by atoms with Crippen LogP contribution in [0.1, 0.15) is 61.9 Å². The summed E-state index contributed by atoms with van der Waals surface area (Å²) >= 11 is 0. The zero-order valence-corrected chi connectivity index (χ0v) is 22.5. The summed E-state index contributed by atoms with van der Waals surface area (Å²) in [5, 5.41) is 5.33. The van der Waals surface area contributed by atoms with Gasteiger partial charge in [-0.05, 0) is 52.2 Å². The van der Waals surface area contributed by atoms with Crippen molar-refractivity contribution in [3.8, 4) is 12.5 Å². The Bertz CT molecular complexity index is 1180. The van der Waals surface area contributed by atoms with Gasteiger partial charge in [-0.15, -0.1) is 0 Å². The molecular weight excluding hydrogens is 484 g/mol. The zero-order chi connectivity index (χ0) is 28.5. The molecule has 0 fully saturated rings. The molecule has 0 spiro atoms. The van der Waals surface area contributed by atoms with Crippen molar-refractivity contribution in [2.75, 3.05) is 0 Å². The largest absolute Gasteiger partial charge is 0.444 e. The first-order valence-electron chi connectivity index (χ1n) is 12.3. The van der Waals surface area contributed by atoms with Crippen molar-refractivity contribution in [1.82, 2.24) is 15.5 Å². The second-order valence-corrected chi connectivity index (χ2v) is 10.1. The molecule has 0 heterocycles. The van der Waals surface area contributed by atoms with Crippen molar-refractivity contribution < 1.29 is 23.9 Å². The summed E-state index contributed by atoms with van der Waals surface area (Å²) in [6.45, 7) is 8.98. The third kappa shape index (κ3) is 9.28. The van der Waals surface area contributed by atoms with Crippen LogP contribution in [0.3, 0.4) is 0 Å². The average molecular weight is 521 g/mol. The second kappa shape index (κ2) is 13.3. The molecule has 2 aromatic rings. The van der Waals surface area contributed by atoms with Gasteiger partial charge in [0.05, 0.1) is 0 Å². The van der Waals surface area contributed by atoms with Crippen LogP contribution in [0, 0.1) is 26.3 Å². The van der Waals surface area contributed by atoms with Gasteiger partial charge < -0.3 is 21.1 Å². The lowest BCUT2D eigenvalue weighted by Gasteiger charge is -2.30. The number of amides is 4. The summed E-state index contributed by atoms with van der Waals surface area (Å²) in [6, 6.07) is 14.6. The molecule has 0 saturated carbocycles. The highest BCUT2D eigenvalue weighted by Crippen LogP contribution is 2.25. The molecule has 0 bridgehead atoms. The predicted molar refractivity (Wildman–Crippen MR) is 144 cm³/mol. The van der Waals surface area contributed by atoms with Gasteiger partial charge >= 0.3 is 6.09 Å². The molecule has 0 aromatic heterocycles. The number of ether oxygens (including phenoxy) is 1. The number of terminal acetylenes is 1. The van der Waals surface area contributed by atoms with Crippen molar-refractivity contribution in [3.63, 3.8) is 0 Å². The number of nitrogens with one attached hydrogen (secondary N) is 2. The Hall–Kier alpha value is -4.32. The minimum absolute atomic E-state index is 0.128. The third-order valence-corrected chi connectivity index (χ3v) is 5.42. The average Bonchev–Trinajstić information content (AvgIpc) is 2.81. The van der Waals surface area contributed by atoms with Crippen molar-refractivity contribution in [1.29, 1.82) is 0 Å². The Morgan fingerprint density at radius 3 is 2.18 bits per heavy atom. The van der Waals surface area contributed by atoms with E-state index in [0.717, 1.165) is 21.6 Å². The van der Waals surface area contributed by atoms with Gasteiger partial charge in [-0.1, -0.05) is 66.1 Å². The highest BCUT2D eigenvalue weighted by Gasteiger charge is 2.36. The van der Waals surface area contributed by atoms with E-state index in [1.165, 1.54) is 0 Å². The molecule has 202 valence electrons. The molecule has 9 nitrogen and oxygen atoms in total. The zero-order valence-electron chi connectivity index (χ0n) is 22.5. The molecule has 4 amide bonds. The number of carbonyl (C=O) groups is 4. The number of benzene rings is 2. The Labute approximate surface area is 224 Å². The smallest absolute Gasteiger partial charge is 0.408 e. The maximum Gasteiger partial charge on any atom is 0.408 e. The van der Waals surface area contributed by atoms with Crippen molar-refractivity contribution in [2.45, 2.75) is 71.7 Å². The second-order valence-electron chi connectivity index (χ2n) is 10.1. The molecule has 9 heteroatoms. The minimum atomic E-state index is -1.26. The lowest BCUT2D eigenvalue weighted by atomic mass is 9.98. The van der Waals surface area contributed by atoms with E-state index in [1.807, 2.05) is 50.2 Å². The quantitative estimate of drug-likeness (QED) is 0.327. The van der Waals surface area contributed by atoms with Gasteiger partial charge in [0.15, 0.2) is 0 Å². The summed E-state index contributed by atoms with van der Waals surface area (Å²) in [5.74, 6) is -1.91. The number of carbonyl (C=O) groups excluding carboxylic acids is 4. The van der Waals surface area contributed by atoms with Crippen LogP contribution in [-0.4, -0.2) is 40.4 Å². The molecule has 0 saturated heterocycles. The molecule has 0 aliphatic carbocycles. The van der Waals surface area contributed by atoms with Gasteiger partial charge in [-0.2, -0.15) is 0 Å². The molecule has 0 radical (unpaired) electrons. The SMILES string of the molecule is C#CN(C(=O)C(CCC(N)=O)NC(=O)OC(C)(C)C)C(C(=O)NCc1ccccc1)c1cc(C)cc(C)c1. The van der Waals surface area contributed by atoms with Crippen molar-refractivity contribution in [3.05, 3.63) is 70.8 Å². The molecular formula is C29H36N4O5. The molecule has 2 aromatic carbocycles. The standard InChI is InChI=1S/C29H36N4O5/c1-7-33(27(36)23(13-14-24(30)34)32-28(37)38-29(4,5)6)25(22-16-19(2)15-20(3)17-22)26(35)31-18-21-11-9-8-10-12-21/h1,8-12,15-17,23,25H,13-14,18H2,2-6H3,(H2,30,34)(H,31,35)(H,32,37). The summed E-state index contributed by atoms with van der Waals surface area (Å²) in [7, 11) is 0. The highest BCUT2D eigenvalue weighted by molar-refractivity contribution is 5.93. The first-order chi connectivity index (χ1) is 17.8. The van der Waals surface area contributed by atoms with Crippen LogP contribution in [0.2, 0.25) is 0 Å². The van der Waals surface area contributed by atoms with Gasteiger partial charge in [0, 0.05) is 19.0 Å². The molecule has 38 heavy (non-hydrogen) atoms. The number of alkyl carbamates (subject to hydrolysis) is 1. The normalized spacial score (nSPS) is 12.4. The summed E-state index contributed by atoms with van der Waals surface area (Å²) < 4.78 is 5.28. The maximum absolute atomic E-state index is 13.7. The van der Waals surface area contributed by atoms with Crippen LogP contribution in [0.5, 0.6) is 0 Å². The monoisotopic (exact) mass is 520 g/mol. The number of nitrogens with zero attached hydrogens (tertiary/aromatic N) is 1. The lowest BCUT2D eigenvalue weighted by Crippen LogP contribution is -2.51. The van der Waals surface area contributed by atoms with E-state index in [9.17, 15) is 19.2 Å². The number of nitrogens with two attached hydrogens (primary N) is 1. The van der Waals surface area contributed by atoms with E-state index >= 15 is 0 Å². The number of rotatable bonds is 10. The van der Waals surface area contributed by atoms with Crippen LogP contribution in [0.4, 0.5) is 4.79 Å². The number of primary amides is 1. The van der Waals surface area contributed by atoms with Gasteiger partial charge in [0.25, 0.3) is 5.91 Å². The fraction of sp³-hybridized carbons (Fsp3) is 0.379. The lowest BCUT2D eigenvalue weighted by molar-refractivity contribution is -0.139. The van der Waals surface area contributed by atoms with Crippen molar-refractivity contribution in [2.24, 2.45) is 5.73 Å². The first-order valence-corrected chi connectivity index (χ1v) is 12.3. The molecule has 0 aliphatic rings. The van der Waals surface area contributed by atoms with E-state index in [-0.39, 0.29) is 19.4 Å². The van der Waals surface area contributed by atoms with Crippen LogP contribution in [0.15, 0.2) is 48.5 Å². The van der Waals surface area contributed by atoms with Crippen LogP contribution < -0.4 is 16.4 Å². The Kier molecular flexibility index (Phi) is 10.5. The van der Waals surface area contributed by atoms with E-state index in [0.29, 0.717) is 5.56 Å². The first kappa shape index (κ1) is 29.9. The predicted octanol–water partition coefficient (Wildman–Crippen LogP) is 3.24. The molecule has 0 aliphatic heterocycles. The number of hydrogen-bond acceptors (Lipinski definition) is 5. The van der Waals surface area contributed by atoms with Gasteiger partial charge in [-0.3, -0.25) is 19.3 Å². The molecule has 2 rings (SSSR count). The van der Waals surface area contributed by atoms with E-state index in [4.69, 9.17) is 16.9 Å². The maximum atomic E-state index is 13.7. The topological polar surface area (TPSA) is 131 Å². The Morgan fingerprint density at radius 1 is 1.05 bits per heavy atom. The molecule has 2 unspecified atom stereocenters. The third-order valence-electron chi connectivity index (χ3n) is 5.42. The molecule has 2 atom stereocenters. The van der Waals surface area contributed by atoms with Gasteiger partial charge in [0.2, 0.25) is 11.8 Å².